The van der Waals surface area contributed by atoms with Gasteiger partial charge in [-0.15, -0.1) is 0 Å². The monoisotopic (exact) mass is 184 g/mol. The van der Waals surface area contributed by atoms with Crippen LogP contribution in [0.25, 0.3) is 0 Å². The average Bonchev–Trinajstić information content (AvgIpc) is 2.25. The van der Waals surface area contributed by atoms with Gasteiger partial charge in [-0.05, 0) is 12.1 Å². The zero-order valence-electron chi connectivity index (χ0n) is 7.46. The van der Waals surface area contributed by atoms with Crippen LogP contribution in [-0.4, -0.2) is 6.04 Å². The van der Waals surface area contributed by atoms with E-state index in [2.05, 4.69) is 10.2 Å². The van der Waals surface area contributed by atoms with Gasteiger partial charge in [0.15, 0.2) is 6.04 Å². The van der Waals surface area contributed by atoms with Crippen molar-refractivity contribution in [3.63, 3.8) is 0 Å². The van der Waals surface area contributed by atoms with Crippen LogP contribution >= 0.6 is 0 Å². The minimum Gasteiger partial charge on any atom is -0.198 e. The molecule has 1 aromatic rings. The maximum absolute atomic E-state index is 8.58. The van der Waals surface area contributed by atoms with E-state index in [4.69, 9.17) is 10.5 Å². The highest BCUT2D eigenvalue weighted by atomic mass is 15.1. The molecule has 0 bridgehead atoms. The first-order valence-corrected chi connectivity index (χ1v) is 4.09. The average molecular weight is 184 g/mol. The number of nitriles is 2. The van der Waals surface area contributed by atoms with Crippen LogP contribution in [-0.2, 0) is 0 Å². The van der Waals surface area contributed by atoms with Crippen LogP contribution in [0.3, 0.4) is 0 Å². The minimum atomic E-state index is -0.666. The van der Waals surface area contributed by atoms with E-state index in [1.165, 1.54) is 0 Å². The Bertz CT molecular complexity index is 383. The van der Waals surface area contributed by atoms with E-state index >= 15 is 0 Å². The van der Waals surface area contributed by atoms with Gasteiger partial charge in [0.1, 0.15) is 0 Å². The summed E-state index contributed by atoms with van der Waals surface area (Å²) in [4.78, 5) is 0. The molecule has 4 nitrogen and oxygen atoms in total. The summed E-state index contributed by atoms with van der Waals surface area (Å²) in [6.45, 7) is 0. The van der Waals surface area contributed by atoms with Gasteiger partial charge in [0.05, 0.1) is 24.2 Å². The van der Waals surface area contributed by atoms with Crippen LogP contribution in [0.1, 0.15) is 6.42 Å². The molecule has 0 aliphatic rings. The number of hydrogen-bond donors (Lipinski definition) is 0. The van der Waals surface area contributed by atoms with E-state index in [0.717, 1.165) is 0 Å². The highest BCUT2D eigenvalue weighted by Gasteiger charge is 2.02. The molecule has 0 aliphatic heterocycles. The lowest BCUT2D eigenvalue weighted by atomic mass is 10.3. The van der Waals surface area contributed by atoms with Gasteiger partial charge >= 0.3 is 0 Å². The van der Waals surface area contributed by atoms with E-state index < -0.39 is 6.04 Å². The van der Waals surface area contributed by atoms with Gasteiger partial charge in [-0.2, -0.15) is 20.8 Å². The minimum absolute atomic E-state index is 0.0762. The predicted octanol–water partition coefficient (Wildman–Crippen LogP) is 2.58. The molecule has 1 atom stereocenters. The molecule has 1 rings (SSSR count). The summed E-state index contributed by atoms with van der Waals surface area (Å²) < 4.78 is 0. The smallest absolute Gasteiger partial charge is 0.170 e. The largest absolute Gasteiger partial charge is 0.198 e. The second-order valence-corrected chi connectivity index (χ2v) is 2.56. The molecule has 14 heavy (non-hydrogen) atoms. The first kappa shape index (κ1) is 9.88. The molecule has 0 fully saturated rings. The van der Waals surface area contributed by atoms with Crippen molar-refractivity contribution in [2.24, 2.45) is 10.2 Å². The molecule has 0 spiro atoms. The Balaban J connectivity index is 2.65. The molecule has 0 amide bonds. The van der Waals surface area contributed by atoms with Gasteiger partial charge < -0.3 is 0 Å². The molecule has 0 heterocycles. The molecule has 0 saturated heterocycles. The number of benzene rings is 1. The van der Waals surface area contributed by atoms with Crippen LogP contribution in [0.5, 0.6) is 0 Å². The Labute approximate surface area is 82.1 Å². The predicted molar refractivity (Wildman–Crippen MR) is 50.6 cm³/mol. The van der Waals surface area contributed by atoms with E-state index in [1.807, 2.05) is 30.3 Å². The highest BCUT2D eigenvalue weighted by Crippen LogP contribution is 2.11. The number of rotatable bonds is 3. The fraction of sp³-hybridized carbons (Fsp3) is 0.200. The van der Waals surface area contributed by atoms with Crippen molar-refractivity contribution in [2.45, 2.75) is 12.5 Å². The molecule has 4 heteroatoms. The zero-order valence-corrected chi connectivity index (χ0v) is 7.46. The Kier molecular flexibility index (Phi) is 3.85. The van der Waals surface area contributed by atoms with Crippen LogP contribution < -0.4 is 0 Å². The lowest BCUT2D eigenvalue weighted by Crippen LogP contribution is -1.96. The van der Waals surface area contributed by atoms with Crippen molar-refractivity contribution >= 4 is 5.69 Å². The molecule has 0 aliphatic carbocycles. The quantitative estimate of drug-likeness (QED) is 0.677. The standard InChI is InChI=1S/C10H8N4/c11-7-6-10(8-12)14-13-9-4-2-1-3-5-9/h1-5,10H,6H2. The van der Waals surface area contributed by atoms with Crippen molar-refractivity contribution in [2.75, 3.05) is 0 Å². The fourth-order valence-electron chi connectivity index (χ4n) is 0.830. The van der Waals surface area contributed by atoms with Crippen molar-refractivity contribution in [3.8, 4) is 12.1 Å². The molecule has 0 saturated carbocycles. The van der Waals surface area contributed by atoms with Crippen molar-refractivity contribution in [3.05, 3.63) is 30.3 Å². The SMILES string of the molecule is N#CCC(C#N)N=Nc1ccccc1. The number of azo groups is 1. The Morgan fingerprint density at radius 3 is 2.50 bits per heavy atom. The van der Waals surface area contributed by atoms with Gasteiger partial charge in [-0.25, -0.2) is 0 Å². The Hall–Kier alpha value is -2.20. The van der Waals surface area contributed by atoms with Gasteiger partial charge in [-0.3, -0.25) is 0 Å². The Morgan fingerprint density at radius 1 is 1.21 bits per heavy atom. The van der Waals surface area contributed by atoms with Gasteiger partial charge in [0, 0.05) is 0 Å². The summed E-state index contributed by atoms with van der Waals surface area (Å²) in [7, 11) is 0. The fourth-order valence-corrected chi connectivity index (χ4v) is 0.830. The second-order valence-electron chi connectivity index (χ2n) is 2.56. The normalized spacial score (nSPS) is 11.9. The first-order chi connectivity index (χ1) is 6.86. The van der Waals surface area contributed by atoms with E-state index in [0.29, 0.717) is 5.69 Å². The molecular formula is C10H8N4. The lowest BCUT2D eigenvalue weighted by molar-refractivity contribution is 0.802. The van der Waals surface area contributed by atoms with Gasteiger partial charge in [0.25, 0.3) is 0 Å². The van der Waals surface area contributed by atoms with Crippen LogP contribution in [0.4, 0.5) is 5.69 Å². The summed E-state index contributed by atoms with van der Waals surface area (Å²) in [5.74, 6) is 0. The van der Waals surface area contributed by atoms with Gasteiger partial charge in [-0.1, -0.05) is 18.2 Å². The van der Waals surface area contributed by atoms with Crippen LogP contribution in [0, 0.1) is 22.7 Å². The van der Waals surface area contributed by atoms with Gasteiger partial charge in [0.2, 0.25) is 0 Å². The summed E-state index contributed by atoms with van der Waals surface area (Å²) in [5, 5.41) is 24.5. The third-order valence-corrected chi connectivity index (χ3v) is 1.50. The maximum Gasteiger partial charge on any atom is 0.170 e. The van der Waals surface area contributed by atoms with Crippen molar-refractivity contribution in [1.82, 2.24) is 0 Å². The van der Waals surface area contributed by atoms with E-state index in [1.54, 1.807) is 12.1 Å². The highest BCUT2D eigenvalue weighted by molar-refractivity contribution is 5.34. The molecular weight excluding hydrogens is 176 g/mol. The molecule has 1 unspecified atom stereocenters. The number of hydrogen-bond acceptors (Lipinski definition) is 4. The van der Waals surface area contributed by atoms with E-state index in [-0.39, 0.29) is 6.42 Å². The van der Waals surface area contributed by atoms with Crippen molar-refractivity contribution < 1.29 is 0 Å². The topological polar surface area (TPSA) is 72.3 Å². The van der Waals surface area contributed by atoms with Crippen molar-refractivity contribution in [1.29, 1.82) is 10.5 Å². The lowest BCUT2D eigenvalue weighted by Gasteiger charge is -1.94. The third kappa shape index (κ3) is 3.04. The van der Waals surface area contributed by atoms with E-state index in [9.17, 15) is 0 Å². The Morgan fingerprint density at radius 2 is 1.93 bits per heavy atom. The molecule has 1 aromatic carbocycles. The molecule has 0 aromatic heterocycles. The number of nitrogens with zero attached hydrogens (tertiary/aromatic N) is 4. The molecule has 68 valence electrons. The summed E-state index contributed by atoms with van der Waals surface area (Å²) in [6, 6.07) is 12.2. The third-order valence-electron chi connectivity index (χ3n) is 1.50. The summed E-state index contributed by atoms with van der Waals surface area (Å²) in [6.07, 6.45) is 0.0762. The molecule has 0 radical (unpaired) electrons. The zero-order chi connectivity index (χ0) is 10.2. The second kappa shape index (κ2) is 5.45. The van der Waals surface area contributed by atoms with Crippen LogP contribution in [0.2, 0.25) is 0 Å². The summed E-state index contributed by atoms with van der Waals surface area (Å²) >= 11 is 0. The molecule has 0 N–H and O–H groups in total. The maximum atomic E-state index is 8.58. The summed E-state index contributed by atoms with van der Waals surface area (Å²) in [5.41, 5.74) is 0.686. The van der Waals surface area contributed by atoms with Crippen LogP contribution in [0.15, 0.2) is 40.6 Å². The first-order valence-electron chi connectivity index (χ1n) is 4.09.